The molecular weight excluding hydrogens is 356 g/mol. The predicted molar refractivity (Wildman–Crippen MR) is 83.0 cm³/mol. The first-order valence-electron chi connectivity index (χ1n) is 7.78. The number of alkyl halides is 2. The molecule has 0 unspecified atom stereocenters. The molecule has 26 heavy (non-hydrogen) atoms. The minimum atomic E-state index is -4.03. The number of carbonyl (C=O) groups is 1. The Kier molecular flexibility index (Phi) is 6.61. The van der Waals surface area contributed by atoms with Crippen LogP contribution in [0.15, 0.2) is 30.3 Å². The van der Waals surface area contributed by atoms with Crippen LogP contribution in [0.1, 0.15) is 11.6 Å². The van der Waals surface area contributed by atoms with E-state index < -0.39 is 55.2 Å². The van der Waals surface area contributed by atoms with Crippen molar-refractivity contribution in [2.24, 2.45) is 5.73 Å². The monoisotopic (exact) mass is 377 g/mol. The summed E-state index contributed by atoms with van der Waals surface area (Å²) in [5.74, 6) is -5.93. The highest BCUT2D eigenvalue weighted by Crippen LogP contribution is 2.31. The molecule has 1 heterocycles. The molecule has 8 nitrogen and oxygen atoms in total. The quantitative estimate of drug-likeness (QED) is 0.480. The summed E-state index contributed by atoms with van der Waals surface area (Å²) < 4.78 is 42.8. The Morgan fingerprint density at radius 3 is 2.42 bits per heavy atom. The number of carbonyl (C=O) groups excluding carboxylic acids is 1. The van der Waals surface area contributed by atoms with Gasteiger partial charge < -0.3 is 35.3 Å². The Morgan fingerprint density at radius 2 is 1.85 bits per heavy atom. The molecule has 0 amide bonds. The lowest BCUT2D eigenvalue weighted by molar-refractivity contribution is -0.296. The van der Waals surface area contributed by atoms with Crippen LogP contribution < -0.4 is 5.73 Å². The van der Waals surface area contributed by atoms with Gasteiger partial charge in [0.15, 0.2) is 6.29 Å². The third-order valence-electron chi connectivity index (χ3n) is 4.10. The smallest absolute Gasteiger partial charge is 0.379 e. The van der Waals surface area contributed by atoms with Crippen molar-refractivity contribution in [3.05, 3.63) is 35.9 Å². The summed E-state index contributed by atoms with van der Waals surface area (Å²) in [5.41, 5.74) is 5.51. The van der Waals surface area contributed by atoms with Gasteiger partial charge in [0.2, 0.25) is 0 Å². The van der Waals surface area contributed by atoms with Crippen LogP contribution in [0.3, 0.4) is 0 Å². The molecule has 1 aliphatic rings. The van der Waals surface area contributed by atoms with E-state index in [1.165, 1.54) is 31.4 Å². The average molecular weight is 377 g/mol. The Bertz CT molecular complexity index is 602. The molecule has 6 atom stereocenters. The number of nitrogens with two attached hydrogens (primary N) is 1. The van der Waals surface area contributed by atoms with E-state index in [2.05, 4.69) is 4.74 Å². The molecule has 1 aromatic rings. The number of esters is 1. The third kappa shape index (κ3) is 4.17. The van der Waals surface area contributed by atoms with Crippen LogP contribution in [0.25, 0.3) is 0 Å². The van der Waals surface area contributed by atoms with Gasteiger partial charge in [-0.05, 0) is 5.56 Å². The highest BCUT2D eigenvalue weighted by Gasteiger charge is 2.49. The lowest BCUT2D eigenvalue weighted by Gasteiger charge is -2.39. The standard InChI is InChI=1S/C16H21F2NO7/c1-24-14-12(22)11(21)10(20)9(26-14)7-25-15(23)16(17,18)13(19)8-5-3-2-4-6-8/h2-6,9-14,20-22H,7,19H2,1H3/t9-,10-,11+,12-,13+,14+/m1/s1. The van der Waals surface area contributed by atoms with Gasteiger partial charge >= 0.3 is 11.9 Å². The van der Waals surface area contributed by atoms with Gasteiger partial charge in [0.25, 0.3) is 0 Å². The number of ether oxygens (including phenoxy) is 3. The zero-order valence-corrected chi connectivity index (χ0v) is 13.9. The first-order valence-corrected chi connectivity index (χ1v) is 7.78. The fraction of sp³-hybridized carbons (Fsp3) is 0.562. The largest absolute Gasteiger partial charge is 0.458 e. The topological polar surface area (TPSA) is 131 Å². The fourth-order valence-electron chi connectivity index (χ4n) is 2.50. The van der Waals surface area contributed by atoms with Crippen molar-refractivity contribution in [1.82, 2.24) is 0 Å². The van der Waals surface area contributed by atoms with Crippen molar-refractivity contribution in [2.45, 2.75) is 42.7 Å². The molecule has 0 aliphatic carbocycles. The van der Waals surface area contributed by atoms with Crippen molar-refractivity contribution in [2.75, 3.05) is 13.7 Å². The molecule has 1 saturated heterocycles. The second kappa shape index (κ2) is 8.33. The van der Waals surface area contributed by atoms with Gasteiger partial charge in [0, 0.05) is 7.11 Å². The molecule has 1 aliphatic heterocycles. The van der Waals surface area contributed by atoms with Gasteiger partial charge in [-0.1, -0.05) is 30.3 Å². The summed E-state index contributed by atoms with van der Waals surface area (Å²) in [6.45, 7) is -0.791. The van der Waals surface area contributed by atoms with Crippen LogP contribution in [-0.2, 0) is 19.0 Å². The van der Waals surface area contributed by atoms with Gasteiger partial charge in [-0.15, -0.1) is 0 Å². The molecule has 1 fully saturated rings. The first kappa shape index (κ1) is 20.6. The molecule has 2 rings (SSSR count). The predicted octanol–water partition coefficient (Wildman–Crippen LogP) is -0.681. The molecule has 0 saturated carbocycles. The normalized spacial score (nSPS) is 30.7. The molecule has 0 spiro atoms. The Hall–Kier alpha value is -1.69. The lowest BCUT2D eigenvalue weighted by Crippen LogP contribution is -2.59. The number of aliphatic hydroxyl groups is 3. The second-order valence-corrected chi connectivity index (χ2v) is 5.86. The maximum Gasteiger partial charge on any atom is 0.379 e. The molecule has 0 aromatic heterocycles. The number of methoxy groups -OCH3 is 1. The van der Waals surface area contributed by atoms with E-state index in [0.717, 1.165) is 0 Å². The summed E-state index contributed by atoms with van der Waals surface area (Å²) in [4.78, 5) is 11.8. The molecular formula is C16H21F2NO7. The van der Waals surface area contributed by atoms with Gasteiger partial charge in [-0.25, -0.2) is 4.79 Å². The van der Waals surface area contributed by atoms with E-state index >= 15 is 0 Å². The highest BCUT2D eigenvalue weighted by atomic mass is 19.3. The van der Waals surface area contributed by atoms with E-state index in [-0.39, 0.29) is 5.56 Å². The zero-order chi connectivity index (χ0) is 19.5. The number of hydrogen-bond donors (Lipinski definition) is 4. The third-order valence-corrected chi connectivity index (χ3v) is 4.10. The Morgan fingerprint density at radius 1 is 1.23 bits per heavy atom. The minimum Gasteiger partial charge on any atom is -0.458 e. The van der Waals surface area contributed by atoms with Crippen LogP contribution in [0.5, 0.6) is 0 Å². The SMILES string of the molecule is CO[C@H]1O[C@H](COC(=O)C(F)(F)[C@@H](N)c2ccccc2)[C@@H](O)[C@H](O)[C@H]1O. The summed E-state index contributed by atoms with van der Waals surface area (Å²) in [6.07, 6.45) is -7.56. The lowest BCUT2D eigenvalue weighted by atomic mass is 9.99. The van der Waals surface area contributed by atoms with Crippen molar-refractivity contribution in [3.63, 3.8) is 0 Å². The Balaban J connectivity index is 2.00. The van der Waals surface area contributed by atoms with Crippen molar-refractivity contribution in [1.29, 1.82) is 0 Å². The van der Waals surface area contributed by atoms with Gasteiger partial charge in [0.05, 0.1) is 0 Å². The summed E-state index contributed by atoms with van der Waals surface area (Å²) in [6, 6.07) is 5.38. The molecule has 10 heteroatoms. The van der Waals surface area contributed by atoms with E-state index in [9.17, 15) is 28.9 Å². The van der Waals surface area contributed by atoms with Gasteiger partial charge in [-0.3, -0.25) is 0 Å². The molecule has 5 N–H and O–H groups in total. The summed E-state index contributed by atoms with van der Waals surface area (Å²) in [7, 11) is 1.18. The fourth-order valence-corrected chi connectivity index (χ4v) is 2.50. The zero-order valence-electron chi connectivity index (χ0n) is 13.9. The number of benzene rings is 1. The van der Waals surface area contributed by atoms with Crippen LogP contribution in [0, 0.1) is 0 Å². The molecule has 0 radical (unpaired) electrons. The van der Waals surface area contributed by atoms with Crippen LogP contribution in [0.4, 0.5) is 8.78 Å². The van der Waals surface area contributed by atoms with E-state index in [1.54, 1.807) is 6.07 Å². The van der Waals surface area contributed by atoms with Crippen molar-refractivity contribution >= 4 is 5.97 Å². The maximum atomic E-state index is 14.2. The first-order chi connectivity index (χ1) is 12.2. The number of aliphatic hydroxyl groups excluding tert-OH is 3. The Labute approximate surface area is 148 Å². The van der Waals surface area contributed by atoms with Gasteiger partial charge in [-0.2, -0.15) is 8.78 Å². The molecule has 0 bridgehead atoms. The number of hydrogen-bond acceptors (Lipinski definition) is 8. The van der Waals surface area contributed by atoms with E-state index in [1.807, 2.05) is 0 Å². The van der Waals surface area contributed by atoms with E-state index in [4.69, 9.17) is 15.2 Å². The van der Waals surface area contributed by atoms with Crippen molar-refractivity contribution in [3.8, 4) is 0 Å². The van der Waals surface area contributed by atoms with Crippen LogP contribution in [-0.4, -0.2) is 71.6 Å². The minimum absolute atomic E-state index is 0.0430. The number of halogens is 2. The molecule has 1 aromatic carbocycles. The summed E-state index contributed by atoms with van der Waals surface area (Å²) >= 11 is 0. The van der Waals surface area contributed by atoms with Crippen LogP contribution >= 0.6 is 0 Å². The summed E-state index contributed by atoms with van der Waals surface area (Å²) in [5, 5.41) is 29.2. The second-order valence-electron chi connectivity index (χ2n) is 5.86. The number of rotatable bonds is 6. The average Bonchev–Trinajstić information content (AvgIpc) is 2.65. The maximum absolute atomic E-state index is 14.2. The highest BCUT2D eigenvalue weighted by molar-refractivity contribution is 5.78. The van der Waals surface area contributed by atoms with Crippen LogP contribution in [0.2, 0.25) is 0 Å². The molecule has 146 valence electrons. The van der Waals surface area contributed by atoms with Gasteiger partial charge in [0.1, 0.15) is 37.1 Å². The van der Waals surface area contributed by atoms with E-state index in [0.29, 0.717) is 0 Å². The van der Waals surface area contributed by atoms with Crippen molar-refractivity contribution < 1.29 is 43.1 Å².